The van der Waals surface area contributed by atoms with Crippen molar-refractivity contribution >= 4 is 23.2 Å². The first-order valence-electron chi connectivity index (χ1n) is 10.3. The maximum absolute atomic E-state index is 12.5. The van der Waals surface area contributed by atoms with Crippen LogP contribution in [0.4, 0.5) is 0 Å². The summed E-state index contributed by atoms with van der Waals surface area (Å²) in [6.45, 7) is 5.73. The molecule has 7 nitrogen and oxygen atoms in total. The van der Waals surface area contributed by atoms with E-state index in [4.69, 9.17) is 9.26 Å². The van der Waals surface area contributed by atoms with Gasteiger partial charge < -0.3 is 19.5 Å². The Bertz CT molecular complexity index is 1070. The van der Waals surface area contributed by atoms with Crippen LogP contribution in [0.1, 0.15) is 44.2 Å². The van der Waals surface area contributed by atoms with Crippen LogP contribution >= 0.6 is 11.3 Å². The minimum atomic E-state index is -0.227. The first-order valence-corrected chi connectivity index (χ1v) is 11.1. The van der Waals surface area contributed by atoms with Gasteiger partial charge in [-0.1, -0.05) is 11.2 Å². The lowest BCUT2D eigenvalue weighted by Gasteiger charge is -2.27. The Balaban J connectivity index is 1.26. The molecule has 0 radical (unpaired) electrons. The van der Waals surface area contributed by atoms with Crippen molar-refractivity contribution in [3.63, 3.8) is 0 Å². The third kappa shape index (κ3) is 4.96. The monoisotopic (exact) mass is 439 g/mol. The number of hydrogen-bond acceptors (Lipinski definition) is 6. The fourth-order valence-corrected chi connectivity index (χ4v) is 4.48. The van der Waals surface area contributed by atoms with Crippen LogP contribution in [-0.4, -0.2) is 35.0 Å². The quantitative estimate of drug-likeness (QED) is 0.608. The minimum Gasteiger partial charge on any atom is -0.489 e. The number of thiophene rings is 1. The Morgan fingerprint density at radius 2 is 2.16 bits per heavy atom. The van der Waals surface area contributed by atoms with E-state index in [1.54, 1.807) is 35.6 Å². The summed E-state index contributed by atoms with van der Waals surface area (Å²) in [5, 5.41) is 8.82. The number of rotatable bonds is 7. The number of aryl methyl sites for hydroxylation is 2. The van der Waals surface area contributed by atoms with Crippen LogP contribution < -0.4 is 10.1 Å². The van der Waals surface area contributed by atoms with Crippen molar-refractivity contribution in [3.05, 3.63) is 68.7 Å². The van der Waals surface area contributed by atoms with Crippen molar-refractivity contribution in [2.24, 2.45) is 0 Å². The van der Waals surface area contributed by atoms with E-state index >= 15 is 0 Å². The zero-order valence-corrected chi connectivity index (χ0v) is 18.5. The zero-order chi connectivity index (χ0) is 21.8. The topological polar surface area (TPSA) is 84.7 Å². The number of fused-ring (bicyclic) bond motifs is 1. The summed E-state index contributed by atoms with van der Waals surface area (Å²) in [7, 11) is 0. The lowest BCUT2D eigenvalue weighted by molar-refractivity contribution is -0.131. The highest BCUT2D eigenvalue weighted by Crippen LogP contribution is 2.24. The molecule has 3 aromatic rings. The highest BCUT2D eigenvalue weighted by Gasteiger charge is 2.21. The predicted octanol–water partition coefficient (Wildman–Crippen LogP) is 3.64. The first-order chi connectivity index (χ1) is 15.0. The molecule has 0 aliphatic carbocycles. The molecule has 162 valence electrons. The van der Waals surface area contributed by atoms with Gasteiger partial charge in [-0.25, -0.2) is 0 Å². The molecule has 8 heteroatoms. The summed E-state index contributed by atoms with van der Waals surface area (Å²) in [5.74, 6) is 1.15. The molecule has 0 spiro atoms. The van der Waals surface area contributed by atoms with Gasteiger partial charge in [0.05, 0.1) is 11.3 Å². The summed E-state index contributed by atoms with van der Waals surface area (Å²) in [4.78, 5) is 28.2. The Morgan fingerprint density at radius 3 is 2.97 bits per heavy atom. The average Bonchev–Trinajstić information content (AvgIpc) is 3.37. The molecule has 2 amide bonds. The molecule has 0 saturated heterocycles. The molecule has 1 aliphatic rings. The number of carbonyl (C=O) groups is 2. The Kier molecular flexibility index (Phi) is 6.36. The average molecular weight is 440 g/mol. The van der Waals surface area contributed by atoms with Crippen LogP contribution in [0.5, 0.6) is 5.75 Å². The van der Waals surface area contributed by atoms with E-state index < -0.39 is 0 Å². The van der Waals surface area contributed by atoms with Crippen LogP contribution in [0.25, 0.3) is 0 Å². The van der Waals surface area contributed by atoms with Crippen molar-refractivity contribution in [2.45, 2.75) is 39.8 Å². The van der Waals surface area contributed by atoms with Crippen LogP contribution in [0.2, 0.25) is 0 Å². The summed E-state index contributed by atoms with van der Waals surface area (Å²) in [6, 6.07) is 9.07. The Morgan fingerprint density at radius 1 is 1.29 bits per heavy atom. The van der Waals surface area contributed by atoms with Crippen molar-refractivity contribution < 1.29 is 18.8 Å². The Labute approximate surface area is 185 Å². The van der Waals surface area contributed by atoms with Crippen LogP contribution in [-0.2, 0) is 24.4 Å². The van der Waals surface area contributed by atoms with E-state index in [9.17, 15) is 9.59 Å². The summed E-state index contributed by atoms with van der Waals surface area (Å²) in [6.07, 6.45) is 1.19. The molecule has 0 saturated carbocycles. The second-order valence-corrected chi connectivity index (χ2v) is 8.56. The number of aromatic nitrogens is 1. The van der Waals surface area contributed by atoms with Gasteiger partial charge >= 0.3 is 0 Å². The van der Waals surface area contributed by atoms with Gasteiger partial charge in [-0.15, -0.1) is 11.3 Å². The number of nitrogens with zero attached hydrogens (tertiary/aromatic N) is 2. The predicted molar refractivity (Wildman–Crippen MR) is 117 cm³/mol. The van der Waals surface area contributed by atoms with Crippen molar-refractivity contribution in [2.75, 3.05) is 13.1 Å². The number of nitrogens with one attached hydrogen (secondary N) is 1. The van der Waals surface area contributed by atoms with E-state index in [0.29, 0.717) is 31.0 Å². The van der Waals surface area contributed by atoms with Crippen LogP contribution in [0, 0.1) is 13.8 Å². The minimum absolute atomic E-state index is 0.0636. The van der Waals surface area contributed by atoms with Crippen molar-refractivity contribution in [1.82, 2.24) is 15.4 Å². The smallest absolute Gasteiger partial charge is 0.251 e. The van der Waals surface area contributed by atoms with E-state index in [2.05, 4.69) is 21.9 Å². The van der Waals surface area contributed by atoms with Crippen LogP contribution in [0.3, 0.4) is 0 Å². The molecule has 1 aliphatic heterocycles. The first kappa shape index (κ1) is 21.1. The second-order valence-electron chi connectivity index (χ2n) is 7.56. The van der Waals surface area contributed by atoms with Gasteiger partial charge in [0.15, 0.2) is 0 Å². The number of ether oxygens (including phenoxy) is 1. The SMILES string of the molecule is Cc1noc(C)c1COc1cccc(C(=O)NCCC(=O)N2CCc3sccc3C2)c1. The summed E-state index contributed by atoms with van der Waals surface area (Å²) < 4.78 is 10.9. The molecule has 2 aromatic heterocycles. The van der Waals surface area contributed by atoms with E-state index in [1.807, 2.05) is 18.7 Å². The van der Waals surface area contributed by atoms with Gasteiger partial charge in [0.1, 0.15) is 18.1 Å². The number of benzene rings is 1. The van der Waals surface area contributed by atoms with Crippen molar-refractivity contribution in [1.29, 1.82) is 0 Å². The van der Waals surface area contributed by atoms with Gasteiger partial charge in [-0.2, -0.15) is 0 Å². The molecule has 0 unspecified atom stereocenters. The third-order valence-corrected chi connectivity index (χ3v) is 6.47. The van der Waals surface area contributed by atoms with E-state index in [1.165, 1.54) is 10.4 Å². The molecule has 1 aromatic carbocycles. The largest absolute Gasteiger partial charge is 0.489 e. The van der Waals surface area contributed by atoms with Gasteiger partial charge in [-0.3, -0.25) is 9.59 Å². The van der Waals surface area contributed by atoms with Crippen molar-refractivity contribution in [3.8, 4) is 5.75 Å². The number of hydrogen-bond donors (Lipinski definition) is 1. The molecule has 1 N–H and O–H groups in total. The summed E-state index contributed by atoms with van der Waals surface area (Å²) in [5.41, 5.74) is 3.42. The number of carbonyl (C=O) groups excluding carboxylic acids is 2. The van der Waals surface area contributed by atoms with E-state index in [-0.39, 0.29) is 18.2 Å². The highest BCUT2D eigenvalue weighted by molar-refractivity contribution is 7.10. The van der Waals surface area contributed by atoms with E-state index in [0.717, 1.165) is 30.0 Å². The fourth-order valence-electron chi connectivity index (χ4n) is 3.60. The highest BCUT2D eigenvalue weighted by atomic mass is 32.1. The molecule has 4 rings (SSSR count). The molecule has 31 heavy (non-hydrogen) atoms. The lowest BCUT2D eigenvalue weighted by atomic mass is 10.1. The Hall–Kier alpha value is -3.13. The van der Waals surface area contributed by atoms with Gasteiger partial charge in [0.25, 0.3) is 5.91 Å². The molecule has 0 atom stereocenters. The van der Waals surface area contributed by atoms with Crippen LogP contribution in [0.15, 0.2) is 40.2 Å². The lowest BCUT2D eigenvalue weighted by Crippen LogP contribution is -2.37. The maximum atomic E-state index is 12.5. The molecular formula is C23H25N3O4S. The third-order valence-electron chi connectivity index (χ3n) is 5.45. The van der Waals surface area contributed by atoms with Gasteiger partial charge in [0, 0.05) is 36.5 Å². The molecule has 0 fully saturated rings. The fraction of sp³-hybridized carbons (Fsp3) is 0.348. The molecule has 3 heterocycles. The second kappa shape index (κ2) is 9.34. The standard InChI is InChI=1S/C23H25N3O4S/c1-15-20(16(2)30-25-15)14-29-19-5-3-4-17(12-19)23(28)24-9-6-22(27)26-10-7-21-18(13-26)8-11-31-21/h3-5,8,11-12H,6-7,9-10,13-14H2,1-2H3,(H,24,28). The molecule has 0 bridgehead atoms. The normalized spacial score (nSPS) is 13.0. The van der Waals surface area contributed by atoms with Gasteiger partial charge in [-0.05, 0) is 55.5 Å². The molecular weight excluding hydrogens is 414 g/mol. The number of amides is 2. The van der Waals surface area contributed by atoms with Gasteiger partial charge in [0.2, 0.25) is 5.91 Å². The summed E-state index contributed by atoms with van der Waals surface area (Å²) >= 11 is 1.75. The maximum Gasteiger partial charge on any atom is 0.251 e. The zero-order valence-electron chi connectivity index (χ0n) is 17.6.